The summed E-state index contributed by atoms with van der Waals surface area (Å²) in [5.41, 5.74) is 2.65. The molecule has 8 heteroatoms. The summed E-state index contributed by atoms with van der Waals surface area (Å²) in [5, 5.41) is 7.42. The summed E-state index contributed by atoms with van der Waals surface area (Å²) in [4.78, 5) is 20.5. The van der Waals surface area contributed by atoms with E-state index < -0.39 is 0 Å². The number of piperazine rings is 1. The lowest BCUT2D eigenvalue weighted by Gasteiger charge is -2.29. The van der Waals surface area contributed by atoms with Crippen molar-refractivity contribution >= 4 is 12.2 Å². The molecule has 0 atom stereocenters. The zero-order chi connectivity index (χ0) is 21.4. The number of carbonyl (C=O) groups excluding carboxylic acids is 1. The molecule has 0 amide bonds. The maximum Gasteiger partial charge on any atom is 0.293 e. The second kappa shape index (κ2) is 9.98. The smallest absolute Gasteiger partial charge is 0.293 e. The van der Waals surface area contributed by atoms with Crippen LogP contribution in [0.25, 0.3) is 22.8 Å². The van der Waals surface area contributed by atoms with E-state index in [0.29, 0.717) is 18.2 Å². The monoisotopic (exact) mass is 409 g/mol. The van der Waals surface area contributed by atoms with Crippen LogP contribution in [0, 0.1) is 0 Å². The minimum Gasteiger partial charge on any atom is -0.462 e. The fourth-order valence-electron chi connectivity index (χ4n) is 2.86. The van der Waals surface area contributed by atoms with E-state index in [-0.39, 0.29) is 5.60 Å². The van der Waals surface area contributed by atoms with Gasteiger partial charge >= 0.3 is 0 Å². The summed E-state index contributed by atoms with van der Waals surface area (Å²) in [7, 11) is 0. The van der Waals surface area contributed by atoms with E-state index in [9.17, 15) is 4.79 Å². The van der Waals surface area contributed by atoms with Gasteiger partial charge in [0.15, 0.2) is 0 Å². The number of nitrogens with zero attached hydrogens (tertiary/aromatic N) is 4. The summed E-state index contributed by atoms with van der Waals surface area (Å²) in [5.74, 6) is 1.08. The van der Waals surface area contributed by atoms with Crippen LogP contribution in [0.1, 0.15) is 20.8 Å². The number of carbonyl (C=O) groups is 1. The van der Waals surface area contributed by atoms with Crippen molar-refractivity contribution < 1.29 is 14.1 Å². The molecule has 1 saturated heterocycles. The number of hydrogen-bond acceptors (Lipinski definition) is 8. The van der Waals surface area contributed by atoms with Gasteiger partial charge in [-0.15, -0.1) is 0 Å². The molecule has 0 radical (unpaired) electrons. The number of ether oxygens (including phenoxy) is 1. The van der Waals surface area contributed by atoms with Crippen LogP contribution < -0.4 is 10.2 Å². The molecule has 8 nitrogen and oxygen atoms in total. The van der Waals surface area contributed by atoms with Gasteiger partial charge in [0.05, 0.1) is 0 Å². The Labute approximate surface area is 176 Å². The van der Waals surface area contributed by atoms with Gasteiger partial charge in [-0.05, 0) is 51.1 Å². The van der Waals surface area contributed by atoms with E-state index in [0.717, 1.165) is 37.3 Å². The molecule has 1 aliphatic heterocycles. The van der Waals surface area contributed by atoms with Crippen LogP contribution in [0.2, 0.25) is 0 Å². The molecule has 30 heavy (non-hydrogen) atoms. The van der Waals surface area contributed by atoms with E-state index in [4.69, 9.17) is 4.52 Å². The zero-order valence-electron chi connectivity index (χ0n) is 17.5. The largest absolute Gasteiger partial charge is 0.462 e. The van der Waals surface area contributed by atoms with Crippen molar-refractivity contribution in [1.82, 2.24) is 20.4 Å². The molecule has 1 N–H and O–H groups in total. The maximum atomic E-state index is 9.60. The van der Waals surface area contributed by atoms with Crippen molar-refractivity contribution in [3.8, 4) is 22.8 Å². The molecule has 1 fully saturated rings. The van der Waals surface area contributed by atoms with Crippen molar-refractivity contribution in [1.29, 1.82) is 0 Å². The van der Waals surface area contributed by atoms with Gasteiger partial charge in [-0.3, -0.25) is 9.78 Å². The molecule has 2 aromatic heterocycles. The van der Waals surface area contributed by atoms with Crippen LogP contribution in [0.5, 0.6) is 0 Å². The van der Waals surface area contributed by atoms with Gasteiger partial charge in [-0.2, -0.15) is 4.98 Å². The predicted octanol–water partition coefficient (Wildman–Crippen LogP) is 3.17. The van der Waals surface area contributed by atoms with Gasteiger partial charge in [0.25, 0.3) is 12.4 Å². The maximum absolute atomic E-state index is 9.60. The minimum atomic E-state index is -0.318. The van der Waals surface area contributed by atoms with Gasteiger partial charge in [0.1, 0.15) is 5.60 Å². The first-order chi connectivity index (χ1) is 14.5. The average molecular weight is 409 g/mol. The summed E-state index contributed by atoms with van der Waals surface area (Å²) in [6.07, 6.45) is 3.45. The van der Waals surface area contributed by atoms with Crippen molar-refractivity contribution in [2.24, 2.45) is 0 Å². The van der Waals surface area contributed by atoms with Crippen LogP contribution in [0.15, 0.2) is 53.3 Å². The number of rotatable bonds is 4. The minimum absolute atomic E-state index is 0.318. The Morgan fingerprint density at radius 2 is 1.90 bits per heavy atom. The summed E-state index contributed by atoms with van der Waals surface area (Å²) < 4.78 is 9.98. The highest BCUT2D eigenvalue weighted by molar-refractivity contribution is 5.64. The van der Waals surface area contributed by atoms with Crippen LogP contribution >= 0.6 is 0 Å². The quantitative estimate of drug-likeness (QED) is 0.657. The van der Waals surface area contributed by atoms with Crippen molar-refractivity contribution in [2.75, 3.05) is 31.1 Å². The Morgan fingerprint density at radius 1 is 1.13 bits per heavy atom. The number of pyridine rings is 1. The second-order valence-corrected chi connectivity index (χ2v) is 7.78. The fourth-order valence-corrected chi connectivity index (χ4v) is 2.86. The molecular weight excluding hydrogens is 382 g/mol. The lowest BCUT2D eigenvalue weighted by atomic mass is 10.1. The van der Waals surface area contributed by atoms with E-state index in [1.54, 1.807) is 12.4 Å². The van der Waals surface area contributed by atoms with Crippen molar-refractivity contribution in [3.63, 3.8) is 0 Å². The lowest BCUT2D eigenvalue weighted by Crippen LogP contribution is -2.43. The van der Waals surface area contributed by atoms with E-state index in [2.05, 4.69) is 42.2 Å². The SMILES string of the molecule is CC(C)(C)OC=O.c1cncc(-c2noc(-c3cccc(N4CCNCC4)c3)n2)c1. The number of hydrogen-bond donors (Lipinski definition) is 1. The Morgan fingerprint density at radius 3 is 2.53 bits per heavy atom. The first-order valence-electron chi connectivity index (χ1n) is 9.88. The third-order valence-corrected chi connectivity index (χ3v) is 4.32. The van der Waals surface area contributed by atoms with Crippen LogP contribution in [0.4, 0.5) is 5.69 Å². The van der Waals surface area contributed by atoms with Gasteiger partial charge in [-0.25, -0.2) is 0 Å². The van der Waals surface area contributed by atoms with E-state index >= 15 is 0 Å². The zero-order valence-corrected chi connectivity index (χ0v) is 17.5. The van der Waals surface area contributed by atoms with Gasteiger partial charge < -0.3 is 19.5 Å². The Kier molecular flexibility index (Phi) is 7.13. The molecule has 0 aliphatic carbocycles. The number of nitrogens with one attached hydrogen (secondary N) is 1. The highest BCUT2D eigenvalue weighted by atomic mass is 16.5. The molecule has 1 aromatic carbocycles. The number of aromatic nitrogens is 3. The van der Waals surface area contributed by atoms with E-state index in [1.807, 2.05) is 45.0 Å². The average Bonchev–Trinajstić information content (AvgIpc) is 3.25. The van der Waals surface area contributed by atoms with Crippen LogP contribution in [0.3, 0.4) is 0 Å². The molecule has 1 aliphatic rings. The molecule has 0 unspecified atom stereocenters. The van der Waals surface area contributed by atoms with Crippen LogP contribution in [-0.2, 0) is 9.53 Å². The summed E-state index contributed by atoms with van der Waals surface area (Å²) in [6, 6.07) is 12.0. The molecule has 4 rings (SSSR count). The molecule has 0 spiro atoms. The van der Waals surface area contributed by atoms with E-state index in [1.165, 1.54) is 5.69 Å². The van der Waals surface area contributed by atoms with Crippen molar-refractivity contribution in [3.05, 3.63) is 48.8 Å². The first kappa shape index (κ1) is 21.4. The Hall–Kier alpha value is -3.26. The lowest BCUT2D eigenvalue weighted by molar-refractivity contribution is -0.138. The van der Waals surface area contributed by atoms with Gasteiger partial charge in [0, 0.05) is 55.4 Å². The topological polar surface area (TPSA) is 93.4 Å². The number of anilines is 1. The Balaban J connectivity index is 0.000000318. The van der Waals surface area contributed by atoms with Crippen molar-refractivity contribution in [2.45, 2.75) is 26.4 Å². The third-order valence-electron chi connectivity index (χ3n) is 4.32. The number of benzene rings is 1. The fraction of sp³-hybridized carbons (Fsp3) is 0.364. The molecule has 3 aromatic rings. The third kappa shape index (κ3) is 6.12. The summed E-state index contributed by atoms with van der Waals surface area (Å²) in [6.45, 7) is 9.96. The predicted molar refractivity (Wildman–Crippen MR) is 115 cm³/mol. The molecule has 3 heterocycles. The second-order valence-electron chi connectivity index (χ2n) is 7.78. The molecular formula is C22H27N5O3. The normalized spacial score (nSPS) is 13.9. The van der Waals surface area contributed by atoms with Gasteiger partial charge in [0.2, 0.25) is 5.82 Å². The molecule has 0 saturated carbocycles. The molecule has 158 valence electrons. The Bertz CT molecular complexity index is 931. The standard InChI is InChI=1S/C17H17N5O.C5H10O2/c1-3-13(11-15(5-1)22-9-7-18-8-10-22)17-20-16(21-23-17)14-4-2-6-19-12-14;1-5(2,3)7-4-6/h1-6,11-12,18H,7-10H2;4H,1-3H3. The summed E-state index contributed by atoms with van der Waals surface area (Å²) >= 11 is 0. The highest BCUT2D eigenvalue weighted by Gasteiger charge is 2.14. The van der Waals surface area contributed by atoms with Gasteiger partial charge in [-0.1, -0.05) is 11.2 Å². The highest BCUT2D eigenvalue weighted by Crippen LogP contribution is 2.25. The first-order valence-corrected chi connectivity index (χ1v) is 9.88. The molecule has 0 bridgehead atoms. The van der Waals surface area contributed by atoms with Crippen LogP contribution in [-0.4, -0.2) is 53.4 Å².